The first kappa shape index (κ1) is 19.2. The molecule has 0 aliphatic carbocycles. The van der Waals surface area contributed by atoms with E-state index in [2.05, 4.69) is 9.82 Å². The lowest BCUT2D eigenvalue weighted by Gasteiger charge is -2.20. The Bertz CT molecular complexity index is 877. The normalized spacial score (nSPS) is 12.2. The number of rotatable bonds is 5. The third-order valence-electron chi connectivity index (χ3n) is 3.92. The topological polar surface area (TPSA) is 81.1 Å². The molecule has 0 unspecified atom stereocenters. The van der Waals surface area contributed by atoms with Gasteiger partial charge in [-0.2, -0.15) is 5.10 Å². The summed E-state index contributed by atoms with van der Waals surface area (Å²) in [5, 5.41) is 4.08. The van der Waals surface area contributed by atoms with E-state index in [1.807, 2.05) is 33.8 Å². The minimum absolute atomic E-state index is 0.0400. The zero-order valence-corrected chi connectivity index (χ0v) is 16.1. The van der Waals surface area contributed by atoms with Crippen LogP contribution in [0.2, 0.25) is 0 Å². The predicted molar refractivity (Wildman–Crippen MR) is 96.8 cm³/mol. The third-order valence-corrected chi connectivity index (χ3v) is 5.44. The lowest BCUT2D eigenvalue weighted by Crippen LogP contribution is -2.32. The fraction of sp³-hybridized carbons (Fsp3) is 0.444. The minimum atomic E-state index is -3.90. The number of aromatic nitrogens is 2. The van der Waals surface area contributed by atoms with E-state index in [1.54, 1.807) is 36.1 Å². The van der Waals surface area contributed by atoms with E-state index in [0.717, 1.165) is 11.1 Å². The summed E-state index contributed by atoms with van der Waals surface area (Å²) in [7, 11) is -3.90. The van der Waals surface area contributed by atoms with Gasteiger partial charge in [-0.05, 0) is 42.0 Å². The van der Waals surface area contributed by atoms with Crippen molar-refractivity contribution in [1.82, 2.24) is 14.5 Å². The van der Waals surface area contributed by atoms with E-state index in [9.17, 15) is 13.2 Å². The molecule has 6 nitrogen and oxygen atoms in total. The second kappa shape index (κ2) is 7.00. The molecule has 0 saturated carbocycles. The summed E-state index contributed by atoms with van der Waals surface area (Å²) < 4.78 is 29.0. The van der Waals surface area contributed by atoms with Crippen LogP contribution in [0.25, 0.3) is 0 Å². The van der Waals surface area contributed by atoms with Crippen molar-refractivity contribution < 1.29 is 13.2 Å². The van der Waals surface area contributed by atoms with Gasteiger partial charge < -0.3 is 0 Å². The van der Waals surface area contributed by atoms with Gasteiger partial charge in [0.25, 0.3) is 10.0 Å². The predicted octanol–water partition coefficient (Wildman–Crippen LogP) is 2.69. The molecule has 1 aromatic heterocycles. The summed E-state index contributed by atoms with van der Waals surface area (Å²) in [5.74, 6) is -0.547. The molecular formula is C18H25N3O3S. The van der Waals surface area contributed by atoms with Crippen LogP contribution in [-0.4, -0.2) is 24.1 Å². The molecule has 0 saturated heterocycles. The van der Waals surface area contributed by atoms with E-state index < -0.39 is 15.9 Å². The standard InChI is InChI=1S/C18H25N3O3S/c1-13-11-19-21(12-13)9-8-17(22)20-25(23,24)16-10-15(18(3,4)5)7-6-14(16)2/h6-7,10-12H,8-9H2,1-5H3,(H,20,22). The van der Waals surface area contributed by atoms with Gasteiger partial charge in [0.05, 0.1) is 11.1 Å². The van der Waals surface area contributed by atoms with Crippen molar-refractivity contribution in [1.29, 1.82) is 0 Å². The van der Waals surface area contributed by atoms with Crippen LogP contribution in [0.3, 0.4) is 0 Å². The SMILES string of the molecule is Cc1cnn(CCC(=O)NS(=O)(=O)c2cc(C(C)(C)C)ccc2C)c1. The van der Waals surface area contributed by atoms with E-state index in [1.165, 1.54) is 0 Å². The monoisotopic (exact) mass is 363 g/mol. The molecule has 1 N–H and O–H groups in total. The average Bonchev–Trinajstić information content (AvgIpc) is 2.89. The highest BCUT2D eigenvalue weighted by Crippen LogP contribution is 2.26. The van der Waals surface area contributed by atoms with Crippen molar-refractivity contribution in [3.05, 3.63) is 47.3 Å². The van der Waals surface area contributed by atoms with Crippen molar-refractivity contribution >= 4 is 15.9 Å². The van der Waals surface area contributed by atoms with Crippen molar-refractivity contribution in [2.75, 3.05) is 0 Å². The number of hydrogen-bond donors (Lipinski definition) is 1. The van der Waals surface area contributed by atoms with Gasteiger partial charge in [0, 0.05) is 19.2 Å². The molecule has 0 spiro atoms. The molecule has 0 radical (unpaired) electrons. The Kier molecular flexibility index (Phi) is 5.37. The fourth-order valence-corrected chi connectivity index (χ4v) is 3.70. The second-order valence-electron chi connectivity index (χ2n) is 7.29. The van der Waals surface area contributed by atoms with E-state index in [4.69, 9.17) is 0 Å². The minimum Gasteiger partial charge on any atom is -0.274 e. The molecular weight excluding hydrogens is 338 g/mol. The van der Waals surface area contributed by atoms with Gasteiger partial charge in [-0.25, -0.2) is 13.1 Å². The van der Waals surface area contributed by atoms with Gasteiger partial charge in [0.15, 0.2) is 0 Å². The number of hydrogen-bond acceptors (Lipinski definition) is 4. The quantitative estimate of drug-likeness (QED) is 0.885. The first-order valence-electron chi connectivity index (χ1n) is 8.15. The van der Waals surface area contributed by atoms with Crippen LogP contribution in [-0.2, 0) is 26.8 Å². The Morgan fingerprint density at radius 1 is 1.24 bits per heavy atom. The second-order valence-corrected chi connectivity index (χ2v) is 8.94. The molecule has 2 aromatic rings. The molecule has 2 rings (SSSR count). The summed E-state index contributed by atoms with van der Waals surface area (Å²) >= 11 is 0. The maximum absolute atomic E-state index is 12.6. The van der Waals surface area contributed by atoms with Crippen molar-refractivity contribution in [3.63, 3.8) is 0 Å². The Balaban J connectivity index is 2.14. The number of nitrogens with zero attached hydrogens (tertiary/aromatic N) is 2. The number of nitrogens with one attached hydrogen (secondary N) is 1. The number of amides is 1. The highest BCUT2D eigenvalue weighted by Gasteiger charge is 2.23. The Hall–Kier alpha value is -2.15. The molecule has 0 atom stereocenters. The van der Waals surface area contributed by atoms with Gasteiger partial charge in [-0.15, -0.1) is 0 Å². The number of sulfonamides is 1. The number of carbonyl (C=O) groups is 1. The highest BCUT2D eigenvalue weighted by atomic mass is 32.2. The zero-order chi connectivity index (χ0) is 18.8. The Labute approximate surface area is 149 Å². The van der Waals surface area contributed by atoms with Crippen LogP contribution >= 0.6 is 0 Å². The average molecular weight is 363 g/mol. The van der Waals surface area contributed by atoms with Gasteiger partial charge in [-0.1, -0.05) is 32.9 Å². The van der Waals surface area contributed by atoms with Crippen LogP contribution in [0.5, 0.6) is 0 Å². The van der Waals surface area contributed by atoms with Crippen LogP contribution in [0.4, 0.5) is 0 Å². The number of aryl methyl sites for hydroxylation is 3. The first-order chi connectivity index (χ1) is 11.5. The van der Waals surface area contributed by atoms with E-state index in [-0.39, 0.29) is 16.7 Å². The van der Waals surface area contributed by atoms with Gasteiger partial charge in [0.1, 0.15) is 0 Å². The zero-order valence-electron chi connectivity index (χ0n) is 15.3. The van der Waals surface area contributed by atoms with Crippen molar-refractivity contribution in [2.45, 2.75) is 57.9 Å². The molecule has 1 aromatic carbocycles. The van der Waals surface area contributed by atoms with E-state index >= 15 is 0 Å². The van der Waals surface area contributed by atoms with Crippen molar-refractivity contribution in [3.8, 4) is 0 Å². The summed E-state index contributed by atoms with van der Waals surface area (Å²) in [6, 6.07) is 5.32. The van der Waals surface area contributed by atoms with E-state index in [0.29, 0.717) is 12.1 Å². The van der Waals surface area contributed by atoms with Crippen LogP contribution in [0.1, 0.15) is 43.9 Å². The molecule has 7 heteroatoms. The number of carbonyl (C=O) groups excluding carboxylic acids is 1. The smallest absolute Gasteiger partial charge is 0.264 e. The summed E-state index contributed by atoms with van der Waals surface area (Å²) in [4.78, 5) is 12.2. The van der Waals surface area contributed by atoms with Gasteiger partial charge in [0.2, 0.25) is 5.91 Å². The molecule has 0 aliphatic rings. The Morgan fingerprint density at radius 2 is 1.92 bits per heavy atom. The van der Waals surface area contributed by atoms with Gasteiger partial charge >= 0.3 is 0 Å². The van der Waals surface area contributed by atoms with Crippen LogP contribution < -0.4 is 4.72 Å². The van der Waals surface area contributed by atoms with Crippen LogP contribution in [0, 0.1) is 13.8 Å². The molecule has 1 amide bonds. The summed E-state index contributed by atoms with van der Waals surface area (Å²) in [5.41, 5.74) is 2.32. The van der Waals surface area contributed by atoms with Crippen molar-refractivity contribution in [2.24, 2.45) is 0 Å². The van der Waals surface area contributed by atoms with Crippen LogP contribution in [0.15, 0.2) is 35.5 Å². The van der Waals surface area contributed by atoms with Gasteiger partial charge in [-0.3, -0.25) is 9.48 Å². The largest absolute Gasteiger partial charge is 0.274 e. The Morgan fingerprint density at radius 3 is 2.48 bits per heavy atom. The molecule has 1 heterocycles. The number of benzene rings is 1. The lowest BCUT2D eigenvalue weighted by molar-refractivity contribution is -0.119. The fourth-order valence-electron chi connectivity index (χ4n) is 2.42. The first-order valence-corrected chi connectivity index (χ1v) is 9.63. The summed E-state index contributed by atoms with van der Waals surface area (Å²) in [6.07, 6.45) is 3.53. The molecule has 0 bridgehead atoms. The maximum Gasteiger partial charge on any atom is 0.264 e. The summed E-state index contributed by atoms with van der Waals surface area (Å²) in [6.45, 7) is 9.99. The molecule has 0 aliphatic heterocycles. The maximum atomic E-state index is 12.6. The highest BCUT2D eigenvalue weighted by molar-refractivity contribution is 7.90. The third kappa shape index (κ3) is 4.92. The molecule has 136 valence electrons. The molecule has 0 fully saturated rings. The lowest BCUT2D eigenvalue weighted by atomic mass is 9.87. The molecule has 25 heavy (non-hydrogen) atoms.